The molecule has 0 aromatic heterocycles. The van der Waals surface area contributed by atoms with Gasteiger partial charge in [0.15, 0.2) is 0 Å². The van der Waals surface area contributed by atoms with Crippen molar-refractivity contribution in [3.8, 4) is 5.75 Å². The molecule has 0 N–H and O–H groups in total. The monoisotopic (exact) mass is 395 g/mol. The van der Waals surface area contributed by atoms with Crippen LogP contribution in [0.1, 0.15) is 18.4 Å². The minimum absolute atomic E-state index is 0.215. The molecule has 3 aliphatic rings. The molecular formula is C18H25N3O5S. The molecule has 3 heterocycles. The average molecular weight is 395 g/mol. The van der Waals surface area contributed by atoms with E-state index in [1.54, 1.807) is 12.0 Å². The van der Waals surface area contributed by atoms with Crippen LogP contribution >= 0.6 is 0 Å². The van der Waals surface area contributed by atoms with Gasteiger partial charge in [-0.3, -0.25) is 4.90 Å². The smallest absolute Gasteiger partial charge is 0.410 e. The number of ether oxygens (including phenoxy) is 2. The molecule has 9 heteroatoms. The summed E-state index contributed by atoms with van der Waals surface area (Å²) in [5.41, 5.74) is 1.09. The van der Waals surface area contributed by atoms with Crippen LogP contribution < -0.4 is 4.74 Å². The molecule has 0 spiro atoms. The highest BCUT2D eigenvalue weighted by Gasteiger charge is 2.51. The second-order valence-electron chi connectivity index (χ2n) is 7.21. The molecule has 0 saturated carbocycles. The number of carbonyl (C=O) groups is 1. The lowest BCUT2D eigenvalue weighted by Gasteiger charge is -2.25. The summed E-state index contributed by atoms with van der Waals surface area (Å²) in [4.78, 5) is 13.9. The number of hydrogen-bond acceptors (Lipinski definition) is 5. The number of methoxy groups -OCH3 is 1. The first-order valence-corrected chi connectivity index (χ1v) is 10.7. The van der Waals surface area contributed by atoms with Gasteiger partial charge in [0.2, 0.25) is 0 Å². The maximum absolute atomic E-state index is 12.8. The van der Waals surface area contributed by atoms with Crippen LogP contribution in [0.15, 0.2) is 24.3 Å². The molecule has 27 heavy (non-hydrogen) atoms. The molecule has 3 fully saturated rings. The van der Waals surface area contributed by atoms with Crippen molar-refractivity contribution in [2.75, 3.05) is 39.8 Å². The number of rotatable bonds is 6. The first-order valence-electron chi connectivity index (χ1n) is 9.34. The van der Waals surface area contributed by atoms with Crippen LogP contribution in [0.4, 0.5) is 4.79 Å². The van der Waals surface area contributed by atoms with Gasteiger partial charge >= 0.3 is 6.09 Å². The summed E-state index contributed by atoms with van der Waals surface area (Å²) in [5.74, 6) is 0.790. The highest BCUT2D eigenvalue weighted by molar-refractivity contribution is 7.86. The minimum atomic E-state index is -3.46. The van der Waals surface area contributed by atoms with Gasteiger partial charge in [0.1, 0.15) is 11.9 Å². The molecule has 3 aliphatic heterocycles. The summed E-state index contributed by atoms with van der Waals surface area (Å²) >= 11 is 0. The third-order valence-corrected chi connectivity index (χ3v) is 7.58. The molecule has 0 bridgehead atoms. The summed E-state index contributed by atoms with van der Waals surface area (Å²) in [6.07, 6.45) is 1.76. The van der Waals surface area contributed by atoms with Crippen LogP contribution in [0.25, 0.3) is 0 Å². The lowest BCUT2D eigenvalue weighted by molar-refractivity contribution is 0.128. The Balaban J connectivity index is 1.40. The fourth-order valence-corrected chi connectivity index (χ4v) is 5.76. The van der Waals surface area contributed by atoms with Gasteiger partial charge in [-0.2, -0.15) is 17.0 Å². The Hall–Kier alpha value is -1.84. The Labute approximate surface area is 159 Å². The quantitative estimate of drug-likeness (QED) is 0.720. The SMILES string of the molecule is COc1ccc(CCN2C(=O)O[C@H]3CN(S(=O)(=O)N4CCCC4)C[C@H]32)cc1. The average Bonchev–Trinajstić information content (AvgIpc) is 3.38. The van der Waals surface area contributed by atoms with Gasteiger partial charge in [0.25, 0.3) is 10.2 Å². The van der Waals surface area contributed by atoms with Crippen LogP contribution in [0.2, 0.25) is 0 Å². The van der Waals surface area contributed by atoms with E-state index in [9.17, 15) is 13.2 Å². The largest absolute Gasteiger partial charge is 0.497 e. The summed E-state index contributed by atoms with van der Waals surface area (Å²) in [6, 6.07) is 7.50. The molecule has 0 radical (unpaired) electrons. The number of carbonyl (C=O) groups excluding carboxylic acids is 1. The fourth-order valence-electron chi connectivity index (χ4n) is 4.04. The van der Waals surface area contributed by atoms with Gasteiger partial charge in [-0.15, -0.1) is 0 Å². The van der Waals surface area contributed by atoms with Crippen LogP contribution in [-0.4, -0.2) is 80.0 Å². The van der Waals surface area contributed by atoms with Crippen molar-refractivity contribution >= 4 is 16.3 Å². The highest BCUT2D eigenvalue weighted by Crippen LogP contribution is 2.30. The van der Waals surface area contributed by atoms with E-state index in [0.29, 0.717) is 32.6 Å². The standard InChI is InChI=1S/C18H25N3O5S/c1-25-15-6-4-14(5-7-15)8-11-21-16-12-20(13-17(16)26-18(21)22)27(23,24)19-9-2-3-10-19/h4-7,16-17H,2-3,8-13H2,1H3/t16-,17+/m1/s1. The zero-order valence-corrected chi connectivity index (χ0v) is 16.2. The number of benzene rings is 1. The Kier molecular flexibility index (Phi) is 5.00. The van der Waals surface area contributed by atoms with Gasteiger partial charge in [0.05, 0.1) is 19.7 Å². The Morgan fingerprint density at radius 2 is 1.81 bits per heavy atom. The molecular weight excluding hydrogens is 370 g/mol. The van der Waals surface area contributed by atoms with Crippen molar-refractivity contribution in [1.29, 1.82) is 0 Å². The van der Waals surface area contributed by atoms with E-state index in [0.717, 1.165) is 24.2 Å². The molecule has 1 amide bonds. The molecule has 0 aliphatic carbocycles. The van der Waals surface area contributed by atoms with E-state index in [2.05, 4.69) is 0 Å². The summed E-state index contributed by atoms with van der Waals surface area (Å²) in [5, 5.41) is 0. The lowest BCUT2D eigenvalue weighted by atomic mass is 10.1. The van der Waals surface area contributed by atoms with E-state index in [4.69, 9.17) is 9.47 Å². The predicted octanol–water partition coefficient (Wildman–Crippen LogP) is 1.08. The third-order valence-electron chi connectivity index (χ3n) is 5.61. The van der Waals surface area contributed by atoms with Crippen LogP contribution in [0.5, 0.6) is 5.75 Å². The number of fused-ring (bicyclic) bond motifs is 1. The Morgan fingerprint density at radius 3 is 2.48 bits per heavy atom. The first-order chi connectivity index (χ1) is 13.0. The maximum atomic E-state index is 12.8. The molecule has 8 nitrogen and oxygen atoms in total. The van der Waals surface area contributed by atoms with Crippen molar-refractivity contribution in [1.82, 2.24) is 13.5 Å². The van der Waals surface area contributed by atoms with Crippen LogP contribution in [-0.2, 0) is 21.4 Å². The van der Waals surface area contributed by atoms with Gasteiger partial charge in [-0.05, 0) is 37.0 Å². The van der Waals surface area contributed by atoms with Gasteiger partial charge in [-0.1, -0.05) is 12.1 Å². The van der Waals surface area contributed by atoms with E-state index >= 15 is 0 Å². The van der Waals surface area contributed by atoms with Gasteiger partial charge < -0.3 is 9.47 Å². The predicted molar refractivity (Wildman–Crippen MR) is 98.8 cm³/mol. The third kappa shape index (κ3) is 3.51. The maximum Gasteiger partial charge on any atom is 0.410 e. The summed E-state index contributed by atoms with van der Waals surface area (Å²) in [7, 11) is -1.84. The normalized spacial score (nSPS) is 26.4. The molecule has 3 saturated heterocycles. The van der Waals surface area contributed by atoms with Crippen molar-refractivity contribution in [2.45, 2.75) is 31.4 Å². The first kappa shape index (κ1) is 18.5. The second kappa shape index (κ2) is 7.29. The Morgan fingerprint density at radius 1 is 1.11 bits per heavy atom. The van der Waals surface area contributed by atoms with Crippen molar-refractivity contribution in [2.24, 2.45) is 0 Å². The zero-order chi connectivity index (χ0) is 19.0. The van der Waals surface area contributed by atoms with Crippen molar-refractivity contribution in [3.63, 3.8) is 0 Å². The van der Waals surface area contributed by atoms with Crippen LogP contribution in [0.3, 0.4) is 0 Å². The second-order valence-corrected chi connectivity index (χ2v) is 9.14. The number of nitrogens with zero attached hydrogens (tertiary/aromatic N) is 3. The molecule has 0 unspecified atom stereocenters. The molecule has 148 valence electrons. The van der Waals surface area contributed by atoms with Crippen LogP contribution in [0, 0.1) is 0 Å². The molecule has 1 aromatic rings. The molecule has 4 rings (SSSR count). The minimum Gasteiger partial charge on any atom is -0.497 e. The van der Waals surface area contributed by atoms with E-state index in [1.165, 1.54) is 8.61 Å². The lowest BCUT2D eigenvalue weighted by Crippen LogP contribution is -2.44. The molecule has 2 atom stereocenters. The van der Waals surface area contributed by atoms with E-state index in [-0.39, 0.29) is 24.8 Å². The number of hydrogen-bond donors (Lipinski definition) is 0. The van der Waals surface area contributed by atoms with E-state index in [1.807, 2.05) is 24.3 Å². The van der Waals surface area contributed by atoms with Crippen molar-refractivity contribution in [3.05, 3.63) is 29.8 Å². The van der Waals surface area contributed by atoms with Gasteiger partial charge in [0, 0.05) is 26.2 Å². The zero-order valence-electron chi connectivity index (χ0n) is 15.4. The fraction of sp³-hybridized carbons (Fsp3) is 0.611. The topological polar surface area (TPSA) is 79.4 Å². The molecule has 1 aromatic carbocycles. The Bertz CT molecular complexity index is 792. The summed E-state index contributed by atoms with van der Waals surface area (Å²) < 4.78 is 39.2. The van der Waals surface area contributed by atoms with E-state index < -0.39 is 10.2 Å². The summed E-state index contributed by atoms with van der Waals surface area (Å²) in [6.45, 7) is 2.21. The van der Waals surface area contributed by atoms with Gasteiger partial charge in [-0.25, -0.2) is 4.79 Å². The van der Waals surface area contributed by atoms with Crippen molar-refractivity contribution < 1.29 is 22.7 Å². The number of amides is 1. The highest BCUT2D eigenvalue weighted by atomic mass is 32.2.